The Bertz CT molecular complexity index is 1090. The molecule has 0 aliphatic heterocycles. The Morgan fingerprint density at radius 1 is 1.04 bits per heavy atom. The van der Waals surface area contributed by atoms with Crippen LogP contribution >= 0.6 is 11.6 Å². The number of amides is 1. The van der Waals surface area contributed by atoms with Gasteiger partial charge in [-0.25, -0.2) is 4.98 Å². The Kier molecular flexibility index (Phi) is 4.02. The minimum absolute atomic E-state index is 0.294. The zero-order valence-corrected chi connectivity index (χ0v) is 14.3. The Hall–Kier alpha value is -3.38. The maximum atomic E-state index is 12.5. The fourth-order valence-corrected chi connectivity index (χ4v) is 2.81. The van der Waals surface area contributed by atoms with E-state index >= 15 is 0 Å². The molecule has 4 aromatic rings. The molecule has 128 valence electrons. The fraction of sp³-hybridized carbons (Fsp3) is 0. The monoisotopic (exact) mass is 363 g/mol. The molecule has 26 heavy (non-hydrogen) atoms. The van der Waals surface area contributed by atoms with Crippen LogP contribution in [0.5, 0.6) is 0 Å². The summed E-state index contributed by atoms with van der Waals surface area (Å²) in [4.78, 5) is 16.9. The maximum absolute atomic E-state index is 12.5. The molecule has 0 unspecified atom stereocenters. The molecule has 0 fully saturated rings. The van der Waals surface area contributed by atoms with Gasteiger partial charge in [0.05, 0.1) is 6.20 Å². The molecule has 2 aromatic carbocycles. The van der Waals surface area contributed by atoms with E-state index in [1.165, 1.54) is 10.7 Å². The second-order valence-electron chi connectivity index (χ2n) is 5.68. The van der Waals surface area contributed by atoms with Crippen molar-refractivity contribution in [3.63, 3.8) is 0 Å². The first-order chi connectivity index (χ1) is 12.6. The smallest absolute Gasteiger partial charge is 0.261 e. The fourth-order valence-electron chi connectivity index (χ4n) is 2.68. The van der Waals surface area contributed by atoms with E-state index in [9.17, 15) is 4.79 Å². The Morgan fingerprint density at radius 2 is 1.77 bits per heavy atom. The van der Waals surface area contributed by atoms with E-state index in [1.54, 1.807) is 18.3 Å². The molecule has 0 saturated heterocycles. The highest BCUT2D eigenvalue weighted by Crippen LogP contribution is 2.27. The molecule has 6 nitrogen and oxygen atoms in total. The van der Waals surface area contributed by atoms with Crippen molar-refractivity contribution in [2.45, 2.75) is 0 Å². The Balaban J connectivity index is 1.72. The van der Waals surface area contributed by atoms with Crippen LogP contribution < -0.4 is 11.1 Å². The Labute approximate surface area is 154 Å². The summed E-state index contributed by atoms with van der Waals surface area (Å²) in [6.45, 7) is 0. The number of nitrogens with two attached hydrogens (primary N) is 1. The maximum Gasteiger partial charge on any atom is 0.261 e. The van der Waals surface area contributed by atoms with Crippen LogP contribution in [0.15, 0.2) is 67.0 Å². The Morgan fingerprint density at radius 3 is 2.50 bits per heavy atom. The summed E-state index contributed by atoms with van der Waals surface area (Å²) in [6, 6.07) is 16.5. The highest BCUT2D eigenvalue weighted by Gasteiger charge is 2.17. The van der Waals surface area contributed by atoms with Crippen LogP contribution in [-0.2, 0) is 0 Å². The predicted octanol–water partition coefficient (Wildman–Crippen LogP) is 3.88. The quantitative estimate of drug-likeness (QED) is 0.578. The molecule has 2 aromatic heterocycles. The lowest BCUT2D eigenvalue weighted by atomic mass is 10.1. The van der Waals surface area contributed by atoms with Crippen LogP contribution in [0.25, 0.3) is 16.8 Å². The van der Waals surface area contributed by atoms with Crippen molar-refractivity contribution in [2.24, 2.45) is 0 Å². The largest absolute Gasteiger partial charge is 0.383 e. The lowest BCUT2D eigenvalue weighted by Gasteiger charge is -2.08. The molecule has 0 radical (unpaired) electrons. The summed E-state index contributed by atoms with van der Waals surface area (Å²) in [7, 11) is 0. The lowest BCUT2D eigenvalue weighted by molar-refractivity contribution is 0.102. The molecule has 0 bridgehead atoms. The molecule has 2 heterocycles. The van der Waals surface area contributed by atoms with Crippen molar-refractivity contribution in [1.29, 1.82) is 0 Å². The summed E-state index contributed by atoms with van der Waals surface area (Å²) < 4.78 is 1.46. The number of para-hydroxylation sites is 1. The van der Waals surface area contributed by atoms with Crippen molar-refractivity contribution < 1.29 is 4.79 Å². The number of nitrogens with one attached hydrogen (secondary N) is 1. The van der Waals surface area contributed by atoms with Crippen LogP contribution in [0, 0.1) is 0 Å². The normalized spacial score (nSPS) is 10.8. The van der Waals surface area contributed by atoms with Crippen LogP contribution in [-0.4, -0.2) is 20.5 Å². The van der Waals surface area contributed by atoms with Gasteiger partial charge in [0.2, 0.25) is 0 Å². The number of hydrogen-bond acceptors (Lipinski definition) is 4. The number of fused-ring (bicyclic) bond motifs is 1. The van der Waals surface area contributed by atoms with Gasteiger partial charge in [-0.05, 0) is 29.8 Å². The van der Waals surface area contributed by atoms with Crippen molar-refractivity contribution >= 4 is 34.7 Å². The first kappa shape index (κ1) is 16.1. The summed E-state index contributed by atoms with van der Waals surface area (Å²) >= 11 is 5.93. The topological polar surface area (TPSA) is 85.3 Å². The molecule has 0 aliphatic rings. The number of carbonyl (C=O) groups excluding carboxylic acids is 1. The number of carbonyl (C=O) groups is 1. The minimum atomic E-state index is -0.294. The number of rotatable bonds is 3. The third-order valence-electron chi connectivity index (χ3n) is 4.00. The molecular weight excluding hydrogens is 350 g/mol. The van der Waals surface area contributed by atoms with Gasteiger partial charge in [0.1, 0.15) is 11.4 Å². The molecule has 0 spiro atoms. The second kappa shape index (κ2) is 6.50. The molecular formula is C19H14ClN5O. The third-order valence-corrected chi connectivity index (χ3v) is 4.25. The van der Waals surface area contributed by atoms with E-state index in [1.807, 2.05) is 42.5 Å². The van der Waals surface area contributed by atoms with Crippen molar-refractivity contribution in [1.82, 2.24) is 14.6 Å². The van der Waals surface area contributed by atoms with Gasteiger partial charge in [-0.15, -0.1) is 0 Å². The van der Waals surface area contributed by atoms with Crippen molar-refractivity contribution in [3.05, 3.63) is 77.6 Å². The molecule has 0 saturated carbocycles. The molecule has 0 aliphatic carbocycles. The van der Waals surface area contributed by atoms with Gasteiger partial charge in [-0.3, -0.25) is 4.79 Å². The average Bonchev–Trinajstić information content (AvgIpc) is 3.09. The minimum Gasteiger partial charge on any atom is -0.383 e. The highest BCUT2D eigenvalue weighted by molar-refractivity contribution is 6.30. The van der Waals surface area contributed by atoms with E-state index in [-0.39, 0.29) is 5.91 Å². The summed E-state index contributed by atoms with van der Waals surface area (Å²) in [5.41, 5.74) is 9.28. The number of aromatic nitrogens is 3. The number of benzene rings is 2. The van der Waals surface area contributed by atoms with E-state index in [4.69, 9.17) is 17.3 Å². The lowest BCUT2D eigenvalue weighted by Crippen LogP contribution is -2.12. The third kappa shape index (κ3) is 2.87. The number of nitrogen functional groups attached to an aromatic ring is 1. The van der Waals surface area contributed by atoms with Gasteiger partial charge in [0, 0.05) is 22.5 Å². The van der Waals surface area contributed by atoms with Crippen LogP contribution in [0.4, 0.5) is 11.5 Å². The van der Waals surface area contributed by atoms with Crippen molar-refractivity contribution in [3.8, 4) is 11.1 Å². The predicted molar refractivity (Wildman–Crippen MR) is 102 cm³/mol. The van der Waals surface area contributed by atoms with Crippen LogP contribution in [0.1, 0.15) is 10.4 Å². The molecule has 7 heteroatoms. The van der Waals surface area contributed by atoms with Gasteiger partial charge < -0.3 is 11.1 Å². The van der Waals surface area contributed by atoms with Gasteiger partial charge in [0.15, 0.2) is 5.65 Å². The second-order valence-corrected chi connectivity index (χ2v) is 6.11. The zero-order valence-electron chi connectivity index (χ0n) is 13.6. The summed E-state index contributed by atoms with van der Waals surface area (Å²) in [5.74, 6) is 0.105. The van der Waals surface area contributed by atoms with Gasteiger partial charge in [0.25, 0.3) is 5.91 Å². The van der Waals surface area contributed by atoms with Gasteiger partial charge in [-0.1, -0.05) is 41.9 Å². The van der Waals surface area contributed by atoms with E-state index in [2.05, 4.69) is 15.4 Å². The summed E-state index contributed by atoms with van der Waals surface area (Å²) in [5, 5.41) is 7.69. The van der Waals surface area contributed by atoms with E-state index in [0.717, 1.165) is 5.56 Å². The molecule has 1 amide bonds. The van der Waals surface area contributed by atoms with E-state index in [0.29, 0.717) is 33.3 Å². The molecule has 4 rings (SSSR count). The number of anilines is 2. The molecule has 3 N–H and O–H groups in total. The number of hydrogen-bond donors (Lipinski definition) is 2. The number of halogens is 1. The van der Waals surface area contributed by atoms with Crippen LogP contribution in [0.2, 0.25) is 5.02 Å². The standard InChI is InChI=1S/C19H14ClN5O/c20-13-8-6-12(7-9-13)15-10-22-18-16(11-23-25(18)17(15)21)19(26)24-14-4-2-1-3-5-14/h1-11H,21H2,(H,24,26). The van der Waals surface area contributed by atoms with Gasteiger partial charge >= 0.3 is 0 Å². The highest BCUT2D eigenvalue weighted by atomic mass is 35.5. The average molecular weight is 364 g/mol. The summed E-state index contributed by atoms with van der Waals surface area (Å²) in [6.07, 6.45) is 3.09. The molecule has 0 atom stereocenters. The first-order valence-electron chi connectivity index (χ1n) is 7.88. The first-order valence-corrected chi connectivity index (χ1v) is 8.26. The van der Waals surface area contributed by atoms with Crippen molar-refractivity contribution in [2.75, 3.05) is 11.1 Å². The number of nitrogens with zero attached hydrogens (tertiary/aromatic N) is 3. The van der Waals surface area contributed by atoms with Crippen LogP contribution in [0.3, 0.4) is 0 Å². The zero-order chi connectivity index (χ0) is 18.1. The van der Waals surface area contributed by atoms with E-state index < -0.39 is 0 Å². The van der Waals surface area contributed by atoms with Gasteiger partial charge in [-0.2, -0.15) is 9.61 Å². The SMILES string of the molecule is Nc1c(-c2ccc(Cl)cc2)cnc2c(C(=O)Nc3ccccc3)cnn12.